The number of benzene rings is 9. The van der Waals surface area contributed by atoms with Gasteiger partial charge < -0.3 is 14.5 Å². The molecule has 0 bridgehead atoms. The van der Waals surface area contributed by atoms with Gasteiger partial charge in [0.05, 0.1) is 29.6 Å². The van der Waals surface area contributed by atoms with Crippen molar-refractivity contribution in [3.05, 3.63) is 241 Å². The van der Waals surface area contributed by atoms with E-state index in [1.54, 1.807) is 0 Å². The molecule has 10 aromatic rings. The number of anilines is 7. The molecular formula is C76H74N4OSi. The molecule has 0 saturated heterocycles. The van der Waals surface area contributed by atoms with Crippen LogP contribution in [0.5, 0.6) is 11.5 Å². The van der Waals surface area contributed by atoms with Crippen LogP contribution < -0.4 is 40.2 Å². The molecule has 1 aromatic heterocycles. The minimum Gasteiger partial charge on any atom is -0.457 e. The molecule has 0 amide bonds. The number of nitrogens with zero attached hydrogens (tertiary/aromatic N) is 4. The minimum atomic E-state index is -2.92. The summed E-state index contributed by atoms with van der Waals surface area (Å²) in [5.74, 6) is 2.19. The third-order valence-corrected chi connectivity index (χ3v) is 22.0. The van der Waals surface area contributed by atoms with Gasteiger partial charge in [-0.25, -0.2) is 4.98 Å². The molecule has 0 aliphatic carbocycles. The van der Waals surface area contributed by atoms with Crippen molar-refractivity contribution >= 4 is 68.8 Å². The molecular weight excluding hydrogens is 1010 g/mol. The number of rotatable bonds is 7. The van der Waals surface area contributed by atoms with Gasteiger partial charge >= 0.3 is 0 Å². The Labute approximate surface area is 494 Å². The Balaban J connectivity index is 0.971. The van der Waals surface area contributed by atoms with E-state index in [2.05, 4.69) is 262 Å². The van der Waals surface area contributed by atoms with E-state index in [0.29, 0.717) is 23.7 Å². The van der Waals surface area contributed by atoms with Gasteiger partial charge in [-0.05, 0) is 148 Å². The largest absolute Gasteiger partial charge is 0.457 e. The summed E-state index contributed by atoms with van der Waals surface area (Å²) in [6.07, 6.45) is 1.94. The summed E-state index contributed by atoms with van der Waals surface area (Å²) in [5.41, 5.74) is 14.5. The normalized spacial score (nSPS) is 15.2. The molecule has 13 rings (SSSR count). The molecule has 1 spiro atoms. The maximum absolute atomic E-state index is 9.56. The summed E-state index contributed by atoms with van der Waals surface area (Å²) in [6.45, 7) is 27.0. The number of aromatic nitrogens is 1. The van der Waals surface area contributed by atoms with E-state index in [4.69, 9.17) is 13.8 Å². The summed E-state index contributed by atoms with van der Waals surface area (Å²) in [5, 5.41) is 5.35. The van der Waals surface area contributed by atoms with Crippen LogP contribution in [0.25, 0.3) is 33.4 Å². The van der Waals surface area contributed by atoms with Gasteiger partial charge in [0.15, 0.2) is 8.07 Å². The predicted octanol–water partition coefficient (Wildman–Crippen LogP) is 17.8. The van der Waals surface area contributed by atoms with Gasteiger partial charge in [0.25, 0.3) is 0 Å². The molecule has 408 valence electrons. The lowest BCUT2D eigenvalue weighted by atomic mass is 9.77. The third kappa shape index (κ3) is 8.85. The van der Waals surface area contributed by atoms with Crippen molar-refractivity contribution in [3.63, 3.8) is 0 Å². The standard InChI is InChI=1S/C76H74N4OSi/c1-73(2,3)52-39-40-77-71(46-52)80-65-33-20-23-36-69(65)82(67-34-21-16-29-59(67)60-30-17-22-35-68(60)82)70-38-37-58(48-66(70)80)81-57-28-24-27-56(47-57)78-49-79(64-32-19-18-31-63(64)78)72-61(50-25-14-13-15-26-50)44-55(76(10,11)12)45-62(72)51-41-53(74(4,5)6)43-54(42-51)75(7,8)9/h13-48H,49H2,1-12H3/i13D,14D,15D,25D,26D. The SMILES string of the molecule is [2H]c1c([2H])c([2H])c(-c2cc(C(C)(C)C)cc(-c3cc(C(C)(C)C)cc(C(C)(C)C)c3)c2N2CN(c3cccc(Oc4ccc5c(c4)N(c4cc(C(C)(C)C)ccn4)c4ccccc4[Si]54c5ccccc5-c5ccccc54)c3)c3ccccc32)c([2H])c1[2H]. The van der Waals surface area contributed by atoms with Gasteiger partial charge in [0.1, 0.15) is 24.0 Å². The lowest BCUT2D eigenvalue weighted by molar-refractivity contribution is 0.483. The van der Waals surface area contributed by atoms with Crippen LogP contribution in [0.15, 0.2) is 218 Å². The van der Waals surface area contributed by atoms with Crippen LogP contribution in [-0.2, 0) is 21.7 Å². The summed E-state index contributed by atoms with van der Waals surface area (Å²) in [4.78, 5) is 12.1. The highest BCUT2D eigenvalue weighted by Gasteiger charge is 2.54. The first-order chi connectivity index (χ1) is 41.2. The first kappa shape index (κ1) is 47.2. The first-order valence-corrected chi connectivity index (χ1v) is 30.8. The van der Waals surface area contributed by atoms with Crippen LogP contribution in [0.4, 0.5) is 39.9 Å². The minimum absolute atomic E-state index is 0.113. The summed E-state index contributed by atoms with van der Waals surface area (Å²) in [7, 11) is -2.92. The molecule has 0 unspecified atom stereocenters. The molecule has 6 heteroatoms. The molecule has 3 aliphatic heterocycles. The molecule has 9 aromatic carbocycles. The average Bonchev–Trinajstić information content (AvgIpc) is 1.63. The van der Waals surface area contributed by atoms with Crippen LogP contribution in [0.2, 0.25) is 0 Å². The fourth-order valence-corrected chi connectivity index (χ4v) is 18.2. The maximum Gasteiger partial charge on any atom is 0.185 e. The molecule has 0 N–H and O–H groups in total. The zero-order valence-corrected chi connectivity index (χ0v) is 50.3. The Bertz CT molecular complexity index is 4340. The quantitative estimate of drug-likeness (QED) is 0.149. The highest BCUT2D eigenvalue weighted by molar-refractivity contribution is 7.23. The van der Waals surface area contributed by atoms with Crippen molar-refractivity contribution < 1.29 is 11.6 Å². The van der Waals surface area contributed by atoms with E-state index in [0.717, 1.165) is 56.6 Å². The van der Waals surface area contributed by atoms with Gasteiger partial charge in [0.2, 0.25) is 0 Å². The summed E-state index contributed by atoms with van der Waals surface area (Å²) < 4.78 is 53.0. The lowest BCUT2D eigenvalue weighted by Gasteiger charge is -2.43. The highest BCUT2D eigenvalue weighted by atomic mass is 28.3. The second kappa shape index (κ2) is 19.3. The van der Waals surface area contributed by atoms with Gasteiger partial charge in [-0.2, -0.15) is 0 Å². The molecule has 0 radical (unpaired) electrons. The average molecular weight is 1090 g/mol. The number of pyridine rings is 1. The van der Waals surface area contributed by atoms with E-state index >= 15 is 0 Å². The molecule has 5 nitrogen and oxygen atoms in total. The Morgan fingerprint density at radius 2 is 0.939 bits per heavy atom. The second-order valence-electron chi connectivity index (χ2n) is 26.6. The maximum atomic E-state index is 9.56. The van der Waals surface area contributed by atoms with Gasteiger partial charge in [-0.15, -0.1) is 0 Å². The van der Waals surface area contributed by atoms with E-state index in [1.807, 2.05) is 24.4 Å². The van der Waals surface area contributed by atoms with Crippen LogP contribution in [0.3, 0.4) is 0 Å². The molecule has 0 fully saturated rings. The fraction of sp³-hybridized carbons (Fsp3) is 0.224. The number of ether oxygens (including phenoxy) is 1. The monoisotopic (exact) mass is 1090 g/mol. The summed E-state index contributed by atoms with van der Waals surface area (Å²) >= 11 is 0. The lowest BCUT2D eigenvalue weighted by Crippen LogP contribution is -2.75. The second-order valence-corrected chi connectivity index (χ2v) is 30.2. The highest BCUT2D eigenvalue weighted by Crippen LogP contribution is 2.53. The number of fused-ring (bicyclic) bond motifs is 10. The van der Waals surface area contributed by atoms with Crippen molar-refractivity contribution in [2.75, 3.05) is 21.4 Å². The van der Waals surface area contributed by atoms with Gasteiger partial charge in [-0.3, -0.25) is 4.90 Å². The topological polar surface area (TPSA) is 31.8 Å². The van der Waals surface area contributed by atoms with E-state index in [9.17, 15) is 2.74 Å². The number of para-hydroxylation sites is 3. The van der Waals surface area contributed by atoms with Crippen LogP contribution in [-0.4, -0.2) is 19.7 Å². The van der Waals surface area contributed by atoms with Crippen molar-refractivity contribution in [2.45, 2.75) is 105 Å². The van der Waals surface area contributed by atoms with Crippen LogP contribution >= 0.6 is 0 Å². The Hall–Kier alpha value is -8.45. The Kier molecular flexibility index (Phi) is 11.1. The van der Waals surface area contributed by atoms with E-state index in [-0.39, 0.29) is 51.4 Å². The van der Waals surface area contributed by atoms with Crippen LogP contribution in [0.1, 0.15) is 112 Å². The van der Waals surface area contributed by atoms with E-state index < -0.39 is 14.1 Å². The number of hydrogen-bond acceptors (Lipinski definition) is 5. The summed E-state index contributed by atoms with van der Waals surface area (Å²) in [6, 6.07) is 64.2. The van der Waals surface area contributed by atoms with Crippen LogP contribution in [0, 0.1) is 0 Å². The fourth-order valence-electron chi connectivity index (χ4n) is 12.7. The molecule has 0 atom stereocenters. The van der Waals surface area contributed by atoms with Crippen molar-refractivity contribution in [2.24, 2.45) is 0 Å². The molecule has 3 aliphatic rings. The molecule has 82 heavy (non-hydrogen) atoms. The smallest absolute Gasteiger partial charge is 0.185 e. The first-order valence-electron chi connectivity index (χ1n) is 31.3. The van der Waals surface area contributed by atoms with Crippen molar-refractivity contribution in [1.29, 1.82) is 0 Å². The van der Waals surface area contributed by atoms with Crippen molar-refractivity contribution in [3.8, 4) is 44.9 Å². The zero-order chi connectivity index (χ0) is 61.4. The third-order valence-electron chi connectivity index (χ3n) is 17.1. The number of hydrogen-bond donors (Lipinski definition) is 0. The van der Waals surface area contributed by atoms with E-state index in [1.165, 1.54) is 48.6 Å². The molecule has 4 heterocycles. The van der Waals surface area contributed by atoms with Gasteiger partial charge in [0, 0.05) is 40.8 Å². The van der Waals surface area contributed by atoms with Crippen molar-refractivity contribution in [1.82, 2.24) is 4.98 Å². The Morgan fingerprint density at radius 1 is 0.415 bits per heavy atom. The Morgan fingerprint density at radius 3 is 1.56 bits per heavy atom. The predicted molar refractivity (Wildman–Crippen MR) is 349 cm³/mol. The van der Waals surface area contributed by atoms with Gasteiger partial charge in [-0.1, -0.05) is 222 Å². The zero-order valence-electron chi connectivity index (χ0n) is 54.3. The molecule has 0 saturated carbocycles.